The van der Waals surface area contributed by atoms with Gasteiger partial charge in [-0.05, 0) is 38.5 Å². The van der Waals surface area contributed by atoms with E-state index in [0.29, 0.717) is 12.0 Å². The summed E-state index contributed by atoms with van der Waals surface area (Å²) in [7, 11) is 1.78. The van der Waals surface area contributed by atoms with Gasteiger partial charge in [0.05, 0.1) is 12.1 Å². The average Bonchev–Trinajstić information content (AvgIpc) is 2.53. The van der Waals surface area contributed by atoms with Crippen LogP contribution in [0.5, 0.6) is 0 Å². The SMILES string of the molecule is COC1CCN(C(C)C(=O)NCC2CCCCC2)CC1. The van der Waals surface area contributed by atoms with Crippen LogP contribution in [-0.4, -0.2) is 49.7 Å². The highest BCUT2D eigenvalue weighted by molar-refractivity contribution is 5.81. The van der Waals surface area contributed by atoms with Gasteiger partial charge < -0.3 is 10.1 Å². The van der Waals surface area contributed by atoms with E-state index in [4.69, 9.17) is 4.74 Å². The zero-order chi connectivity index (χ0) is 14.4. The molecule has 4 heteroatoms. The maximum Gasteiger partial charge on any atom is 0.237 e. The molecule has 1 saturated heterocycles. The summed E-state index contributed by atoms with van der Waals surface area (Å²) < 4.78 is 5.38. The number of hydrogen-bond acceptors (Lipinski definition) is 3. The third-order valence-corrected chi connectivity index (χ3v) is 5.03. The Bertz CT molecular complexity index is 295. The fourth-order valence-corrected chi connectivity index (χ4v) is 3.45. The van der Waals surface area contributed by atoms with E-state index in [1.807, 2.05) is 6.92 Å². The van der Waals surface area contributed by atoms with Gasteiger partial charge in [-0.25, -0.2) is 0 Å². The Morgan fingerprint density at radius 3 is 2.45 bits per heavy atom. The van der Waals surface area contributed by atoms with Crippen LogP contribution < -0.4 is 5.32 Å². The summed E-state index contributed by atoms with van der Waals surface area (Å²) in [5.74, 6) is 0.908. The number of carbonyl (C=O) groups is 1. The average molecular weight is 282 g/mol. The van der Waals surface area contributed by atoms with Crippen LogP contribution in [0.4, 0.5) is 0 Å². The van der Waals surface area contributed by atoms with Crippen molar-refractivity contribution in [2.24, 2.45) is 5.92 Å². The number of rotatable bonds is 5. The minimum Gasteiger partial charge on any atom is -0.381 e. The fraction of sp³-hybridized carbons (Fsp3) is 0.938. The van der Waals surface area contributed by atoms with Crippen LogP contribution in [0.2, 0.25) is 0 Å². The molecule has 0 spiro atoms. The Hall–Kier alpha value is -0.610. The van der Waals surface area contributed by atoms with Crippen molar-refractivity contribution in [3.8, 4) is 0 Å². The maximum atomic E-state index is 12.3. The lowest BCUT2D eigenvalue weighted by Gasteiger charge is -2.35. The first kappa shape index (κ1) is 15.8. The molecule has 1 unspecified atom stereocenters. The first-order valence-corrected chi connectivity index (χ1v) is 8.25. The van der Waals surface area contributed by atoms with Crippen LogP contribution in [0.15, 0.2) is 0 Å². The quantitative estimate of drug-likeness (QED) is 0.840. The van der Waals surface area contributed by atoms with Crippen LogP contribution >= 0.6 is 0 Å². The van der Waals surface area contributed by atoms with Crippen LogP contribution in [0.25, 0.3) is 0 Å². The summed E-state index contributed by atoms with van der Waals surface area (Å²) in [6.07, 6.45) is 9.06. The van der Waals surface area contributed by atoms with E-state index in [-0.39, 0.29) is 11.9 Å². The summed E-state index contributed by atoms with van der Waals surface area (Å²) in [5.41, 5.74) is 0. The lowest BCUT2D eigenvalue weighted by atomic mass is 9.89. The van der Waals surface area contributed by atoms with Crippen molar-refractivity contribution < 1.29 is 9.53 Å². The van der Waals surface area contributed by atoms with Gasteiger partial charge in [0.2, 0.25) is 5.91 Å². The maximum absolute atomic E-state index is 12.3. The number of nitrogens with zero attached hydrogens (tertiary/aromatic N) is 1. The minimum atomic E-state index is -0.00334. The third-order valence-electron chi connectivity index (χ3n) is 5.03. The number of piperidine rings is 1. The summed E-state index contributed by atoms with van der Waals surface area (Å²) in [5, 5.41) is 3.16. The second kappa shape index (κ2) is 7.99. The number of nitrogens with one attached hydrogen (secondary N) is 1. The number of ether oxygens (including phenoxy) is 1. The van der Waals surface area contributed by atoms with Gasteiger partial charge in [-0.3, -0.25) is 9.69 Å². The molecule has 2 rings (SSSR count). The molecule has 1 aliphatic carbocycles. The fourth-order valence-electron chi connectivity index (χ4n) is 3.45. The Kier molecular flexibility index (Phi) is 6.30. The molecule has 1 heterocycles. The van der Waals surface area contributed by atoms with E-state index >= 15 is 0 Å². The molecule has 20 heavy (non-hydrogen) atoms. The predicted octanol–water partition coefficient (Wildman–Crippen LogP) is 2.18. The van der Waals surface area contributed by atoms with Crippen molar-refractivity contribution in [1.82, 2.24) is 10.2 Å². The van der Waals surface area contributed by atoms with Gasteiger partial charge in [0.15, 0.2) is 0 Å². The van der Waals surface area contributed by atoms with Gasteiger partial charge in [-0.15, -0.1) is 0 Å². The third kappa shape index (κ3) is 4.45. The van der Waals surface area contributed by atoms with Gasteiger partial charge >= 0.3 is 0 Å². The van der Waals surface area contributed by atoms with Crippen LogP contribution in [0.1, 0.15) is 51.9 Å². The molecule has 2 fully saturated rings. The number of amides is 1. The molecular formula is C16H30N2O2. The van der Waals surface area contributed by atoms with E-state index in [0.717, 1.165) is 32.5 Å². The molecule has 0 bridgehead atoms. The standard InChI is InChI=1S/C16H30N2O2/c1-13(18-10-8-15(20-2)9-11-18)16(19)17-12-14-6-4-3-5-7-14/h13-15H,3-12H2,1-2H3,(H,17,19). The summed E-state index contributed by atoms with van der Waals surface area (Å²) in [6, 6.07) is -0.00334. The molecule has 0 aromatic carbocycles. The summed E-state index contributed by atoms with van der Waals surface area (Å²) in [6.45, 7) is 4.84. The molecule has 0 radical (unpaired) electrons. The van der Waals surface area contributed by atoms with Crippen molar-refractivity contribution >= 4 is 5.91 Å². The van der Waals surface area contributed by atoms with Crippen LogP contribution in [0, 0.1) is 5.92 Å². The highest BCUT2D eigenvalue weighted by Crippen LogP contribution is 2.23. The Morgan fingerprint density at radius 1 is 1.20 bits per heavy atom. The van der Waals surface area contributed by atoms with E-state index in [1.165, 1.54) is 32.1 Å². The topological polar surface area (TPSA) is 41.6 Å². The number of likely N-dealkylation sites (tertiary alicyclic amines) is 1. The van der Waals surface area contributed by atoms with E-state index in [1.54, 1.807) is 7.11 Å². The summed E-state index contributed by atoms with van der Waals surface area (Å²) >= 11 is 0. The second-order valence-corrected chi connectivity index (χ2v) is 6.40. The first-order chi connectivity index (χ1) is 9.70. The highest BCUT2D eigenvalue weighted by Gasteiger charge is 2.26. The van der Waals surface area contributed by atoms with Crippen LogP contribution in [-0.2, 0) is 9.53 Å². The molecule has 1 atom stereocenters. The molecule has 116 valence electrons. The van der Waals surface area contributed by atoms with Crippen molar-refractivity contribution in [2.75, 3.05) is 26.7 Å². The summed E-state index contributed by atoms with van der Waals surface area (Å²) in [4.78, 5) is 14.5. The largest absolute Gasteiger partial charge is 0.381 e. The number of hydrogen-bond donors (Lipinski definition) is 1. The molecule has 0 aromatic rings. The first-order valence-electron chi connectivity index (χ1n) is 8.25. The monoisotopic (exact) mass is 282 g/mol. The van der Waals surface area contributed by atoms with Gasteiger partial charge in [0, 0.05) is 26.7 Å². The van der Waals surface area contributed by atoms with Crippen molar-refractivity contribution in [3.63, 3.8) is 0 Å². The van der Waals surface area contributed by atoms with Gasteiger partial charge in [0.25, 0.3) is 0 Å². The number of methoxy groups -OCH3 is 1. The molecule has 2 aliphatic rings. The van der Waals surface area contributed by atoms with Gasteiger partial charge in [-0.2, -0.15) is 0 Å². The molecule has 1 saturated carbocycles. The molecule has 1 N–H and O–H groups in total. The normalized spacial score (nSPS) is 24.5. The lowest BCUT2D eigenvalue weighted by molar-refractivity contribution is -0.127. The minimum absolute atomic E-state index is 0.00334. The van der Waals surface area contributed by atoms with E-state index < -0.39 is 0 Å². The lowest BCUT2D eigenvalue weighted by Crippen LogP contribution is -2.49. The van der Waals surface area contributed by atoms with Gasteiger partial charge in [-0.1, -0.05) is 19.3 Å². The molecule has 1 amide bonds. The Morgan fingerprint density at radius 2 is 1.85 bits per heavy atom. The Labute approximate surface area is 123 Å². The van der Waals surface area contributed by atoms with Crippen LogP contribution in [0.3, 0.4) is 0 Å². The molecular weight excluding hydrogens is 252 g/mol. The second-order valence-electron chi connectivity index (χ2n) is 6.40. The molecule has 0 aromatic heterocycles. The van der Waals surface area contributed by atoms with Crippen molar-refractivity contribution in [1.29, 1.82) is 0 Å². The molecule has 1 aliphatic heterocycles. The highest BCUT2D eigenvalue weighted by atomic mass is 16.5. The predicted molar refractivity (Wildman–Crippen MR) is 80.7 cm³/mol. The molecule has 4 nitrogen and oxygen atoms in total. The Balaban J connectivity index is 1.69. The zero-order valence-corrected chi connectivity index (χ0v) is 13.1. The van der Waals surface area contributed by atoms with Crippen molar-refractivity contribution in [2.45, 2.75) is 64.0 Å². The number of carbonyl (C=O) groups excluding carboxylic acids is 1. The van der Waals surface area contributed by atoms with E-state index in [2.05, 4.69) is 10.2 Å². The van der Waals surface area contributed by atoms with Crippen molar-refractivity contribution in [3.05, 3.63) is 0 Å². The van der Waals surface area contributed by atoms with E-state index in [9.17, 15) is 4.79 Å². The zero-order valence-electron chi connectivity index (χ0n) is 13.1. The van der Waals surface area contributed by atoms with Gasteiger partial charge in [0.1, 0.15) is 0 Å². The smallest absolute Gasteiger partial charge is 0.237 e.